The van der Waals surface area contributed by atoms with Crippen molar-refractivity contribution in [1.82, 2.24) is 24.1 Å². The number of benzene rings is 1. The molecule has 1 aromatic carbocycles. The molecule has 0 aliphatic heterocycles. The van der Waals surface area contributed by atoms with Crippen LogP contribution in [0.1, 0.15) is 17.0 Å². The molecule has 0 aliphatic rings. The van der Waals surface area contributed by atoms with E-state index in [1.165, 1.54) is 10.9 Å². The lowest BCUT2D eigenvalue weighted by Crippen LogP contribution is -2.26. The summed E-state index contributed by atoms with van der Waals surface area (Å²) in [6, 6.07) is 9.89. The Kier molecular flexibility index (Phi) is 5.17. The van der Waals surface area contributed by atoms with Crippen LogP contribution < -0.4 is 4.72 Å². The van der Waals surface area contributed by atoms with Crippen LogP contribution in [0.5, 0.6) is 0 Å². The minimum absolute atomic E-state index is 0.0896. The summed E-state index contributed by atoms with van der Waals surface area (Å²) in [4.78, 5) is 3.84. The second kappa shape index (κ2) is 7.22. The van der Waals surface area contributed by atoms with Crippen LogP contribution in [-0.2, 0) is 23.5 Å². The van der Waals surface area contributed by atoms with E-state index in [9.17, 15) is 8.42 Å². The molecule has 138 valence electrons. The standard InChI is InChI=1S/C17H20ClN5O2S/c1-12-10-13(2)23(21-12)15-6-4-14(5-7-15)8-9-20-26(24,25)17-16(18)22(3)11-19-17/h4-7,10-11,20H,8-9H2,1-3H3. The molecule has 0 fully saturated rings. The van der Waals surface area contributed by atoms with E-state index in [0.29, 0.717) is 6.42 Å². The fourth-order valence-corrected chi connectivity index (χ4v) is 4.12. The molecule has 3 aromatic rings. The average Bonchev–Trinajstić information content (AvgIpc) is 3.10. The summed E-state index contributed by atoms with van der Waals surface area (Å²) in [5, 5.41) is 4.39. The number of hydrogen-bond acceptors (Lipinski definition) is 4. The zero-order chi connectivity index (χ0) is 18.9. The highest BCUT2D eigenvalue weighted by atomic mass is 35.5. The zero-order valence-corrected chi connectivity index (χ0v) is 16.3. The normalized spacial score (nSPS) is 11.8. The van der Waals surface area contributed by atoms with E-state index in [2.05, 4.69) is 14.8 Å². The van der Waals surface area contributed by atoms with Gasteiger partial charge < -0.3 is 4.57 Å². The van der Waals surface area contributed by atoms with Crippen molar-refractivity contribution >= 4 is 21.6 Å². The molecule has 2 heterocycles. The molecular weight excluding hydrogens is 374 g/mol. The predicted molar refractivity (Wildman–Crippen MR) is 100 cm³/mol. The Bertz CT molecular complexity index is 1020. The summed E-state index contributed by atoms with van der Waals surface area (Å²) in [6.07, 6.45) is 1.93. The third-order valence-electron chi connectivity index (χ3n) is 3.99. The Hall–Kier alpha value is -2.16. The van der Waals surface area contributed by atoms with E-state index < -0.39 is 10.0 Å². The van der Waals surface area contributed by atoms with Crippen LogP contribution in [0.4, 0.5) is 0 Å². The summed E-state index contributed by atoms with van der Waals surface area (Å²) in [6.45, 7) is 4.22. The summed E-state index contributed by atoms with van der Waals surface area (Å²) in [5.74, 6) is 0. The largest absolute Gasteiger partial charge is 0.324 e. The number of imidazole rings is 1. The summed E-state index contributed by atoms with van der Waals surface area (Å²) < 4.78 is 30.4. The zero-order valence-electron chi connectivity index (χ0n) is 14.8. The monoisotopic (exact) mass is 393 g/mol. The van der Waals surface area contributed by atoms with Crippen LogP contribution in [0.15, 0.2) is 41.7 Å². The minimum atomic E-state index is -3.72. The van der Waals surface area contributed by atoms with Crippen LogP contribution in [-0.4, -0.2) is 34.3 Å². The fourth-order valence-electron chi connectivity index (χ4n) is 2.67. The molecule has 0 unspecified atom stereocenters. The van der Waals surface area contributed by atoms with Gasteiger partial charge in [-0.2, -0.15) is 5.10 Å². The highest BCUT2D eigenvalue weighted by Gasteiger charge is 2.21. The van der Waals surface area contributed by atoms with E-state index in [4.69, 9.17) is 11.6 Å². The Labute approximate surface area is 157 Å². The number of sulfonamides is 1. The smallest absolute Gasteiger partial charge is 0.261 e. The lowest BCUT2D eigenvalue weighted by Gasteiger charge is -2.07. The molecule has 9 heteroatoms. The van der Waals surface area contributed by atoms with E-state index >= 15 is 0 Å². The number of nitrogens with one attached hydrogen (secondary N) is 1. The van der Waals surface area contributed by atoms with Crippen molar-refractivity contribution in [3.05, 3.63) is 58.8 Å². The number of nitrogens with zero attached hydrogens (tertiary/aromatic N) is 4. The maximum Gasteiger partial charge on any atom is 0.261 e. The van der Waals surface area contributed by atoms with E-state index in [0.717, 1.165) is 22.6 Å². The van der Waals surface area contributed by atoms with Crippen molar-refractivity contribution in [3.63, 3.8) is 0 Å². The van der Waals surface area contributed by atoms with Gasteiger partial charge in [0.05, 0.1) is 17.7 Å². The van der Waals surface area contributed by atoms with Crippen molar-refractivity contribution < 1.29 is 8.42 Å². The van der Waals surface area contributed by atoms with Crippen molar-refractivity contribution in [2.24, 2.45) is 7.05 Å². The van der Waals surface area contributed by atoms with Crippen molar-refractivity contribution in [2.45, 2.75) is 25.3 Å². The van der Waals surface area contributed by atoms with Gasteiger partial charge >= 0.3 is 0 Å². The number of aromatic nitrogens is 4. The Morgan fingerprint density at radius 3 is 2.42 bits per heavy atom. The van der Waals surface area contributed by atoms with Gasteiger partial charge in [-0.05, 0) is 44.0 Å². The third-order valence-corrected chi connectivity index (χ3v) is 5.93. The average molecular weight is 394 g/mol. The van der Waals surface area contributed by atoms with E-state index in [-0.39, 0.29) is 16.7 Å². The quantitative estimate of drug-likeness (QED) is 0.697. The number of aryl methyl sites for hydroxylation is 3. The van der Waals surface area contributed by atoms with Gasteiger partial charge in [0, 0.05) is 19.3 Å². The first-order valence-corrected chi connectivity index (χ1v) is 9.93. The SMILES string of the molecule is Cc1cc(C)n(-c2ccc(CCNS(=O)(=O)c3ncn(C)c3Cl)cc2)n1. The highest BCUT2D eigenvalue weighted by molar-refractivity contribution is 7.89. The van der Waals surface area contributed by atoms with Crippen LogP contribution >= 0.6 is 11.6 Å². The summed E-state index contributed by atoms with van der Waals surface area (Å²) in [7, 11) is -2.08. The lowest BCUT2D eigenvalue weighted by atomic mass is 10.1. The highest BCUT2D eigenvalue weighted by Crippen LogP contribution is 2.18. The van der Waals surface area contributed by atoms with Gasteiger partial charge in [-0.1, -0.05) is 23.7 Å². The predicted octanol–water partition coefficient (Wildman–Crippen LogP) is 2.40. The molecule has 0 atom stereocenters. The maximum atomic E-state index is 12.3. The van der Waals surface area contributed by atoms with Crippen LogP contribution in [0, 0.1) is 13.8 Å². The second-order valence-electron chi connectivity index (χ2n) is 6.10. The Morgan fingerprint density at radius 1 is 1.19 bits per heavy atom. The molecule has 0 aliphatic carbocycles. The van der Waals surface area contributed by atoms with Gasteiger partial charge in [-0.3, -0.25) is 0 Å². The molecule has 0 radical (unpaired) electrons. The number of rotatable bonds is 6. The molecule has 2 aromatic heterocycles. The van der Waals surface area contributed by atoms with Gasteiger partial charge in [-0.15, -0.1) is 0 Å². The molecule has 0 amide bonds. The lowest BCUT2D eigenvalue weighted by molar-refractivity contribution is 0.578. The van der Waals surface area contributed by atoms with Crippen molar-refractivity contribution in [2.75, 3.05) is 6.54 Å². The first kappa shape index (κ1) is 18.6. The molecule has 3 rings (SSSR count). The number of hydrogen-bond donors (Lipinski definition) is 1. The Morgan fingerprint density at radius 2 is 1.88 bits per heavy atom. The Balaban J connectivity index is 1.63. The summed E-state index contributed by atoms with van der Waals surface area (Å²) >= 11 is 5.95. The minimum Gasteiger partial charge on any atom is -0.324 e. The molecule has 0 spiro atoms. The van der Waals surface area contributed by atoms with Crippen LogP contribution in [0.25, 0.3) is 5.69 Å². The molecule has 0 bridgehead atoms. The molecular formula is C17H20ClN5O2S. The van der Waals surface area contributed by atoms with Gasteiger partial charge in [0.15, 0.2) is 0 Å². The maximum absolute atomic E-state index is 12.3. The first-order chi connectivity index (χ1) is 12.3. The molecule has 7 nitrogen and oxygen atoms in total. The summed E-state index contributed by atoms with van der Waals surface area (Å²) in [5.41, 5.74) is 4.02. The van der Waals surface area contributed by atoms with Crippen LogP contribution in [0.2, 0.25) is 5.15 Å². The van der Waals surface area contributed by atoms with Gasteiger partial charge in [-0.25, -0.2) is 22.8 Å². The molecule has 1 N–H and O–H groups in total. The third kappa shape index (κ3) is 3.82. The van der Waals surface area contributed by atoms with Crippen LogP contribution in [0.3, 0.4) is 0 Å². The van der Waals surface area contributed by atoms with Gasteiger partial charge in [0.1, 0.15) is 5.15 Å². The molecule has 0 saturated heterocycles. The molecule has 26 heavy (non-hydrogen) atoms. The topological polar surface area (TPSA) is 81.8 Å². The number of halogens is 1. The van der Waals surface area contributed by atoms with Gasteiger partial charge in [0.25, 0.3) is 10.0 Å². The van der Waals surface area contributed by atoms with Gasteiger partial charge in [0.2, 0.25) is 5.03 Å². The second-order valence-corrected chi connectivity index (χ2v) is 8.14. The first-order valence-electron chi connectivity index (χ1n) is 8.07. The van der Waals surface area contributed by atoms with E-state index in [1.807, 2.05) is 48.9 Å². The van der Waals surface area contributed by atoms with Crippen molar-refractivity contribution in [3.8, 4) is 5.69 Å². The van der Waals surface area contributed by atoms with Crippen molar-refractivity contribution in [1.29, 1.82) is 0 Å². The fraction of sp³-hybridized carbons (Fsp3) is 0.294. The molecule has 0 saturated carbocycles. The van der Waals surface area contributed by atoms with E-state index in [1.54, 1.807) is 7.05 Å².